The van der Waals surface area contributed by atoms with Gasteiger partial charge in [0.25, 0.3) is 0 Å². The normalized spacial score (nSPS) is 20.6. The smallest absolute Gasteiger partial charge is 0.121 e. The highest BCUT2D eigenvalue weighted by Gasteiger charge is 2.15. The number of rotatable bonds is 1. The molecular weight excluding hydrogens is 145 g/mol. The molecule has 1 fully saturated rings. The first kappa shape index (κ1) is 8.12. The zero-order valence-electron chi connectivity index (χ0n) is 6.16. The highest BCUT2D eigenvalue weighted by atomic mass is 31.1. The van der Waals surface area contributed by atoms with E-state index >= 15 is 0 Å². The molecule has 0 aliphatic heterocycles. The van der Waals surface area contributed by atoms with E-state index in [-0.39, 0.29) is 0 Å². The molecule has 0 bridgehead atoms. The van der Waals surface area contributed by atoms with Crippen molar-refractivity contribution in [3.63, 3.8) is 0 Å². The van der Waals surface area contributed by atoms with Crippen molar-refractivity contribution in [2.24, 2.45) is 15.8 Å². The fourth-order valence-electron chi connectivity index (χ4n) is 1.39. The lowest BCUT2D eigenvalue weighted by Crippen LogP contribution is -2.09. The van der Waals surface area contributed by atoms with Crippen molar-refractivity contribution in [1.82, 2.24) is 0 Å². The molecule has 1 rings (SSSR count). The van der Waals surface area contributed by atoms with Gasteiger partial charge in [0.1, 0.15) is 0 Å². The summed E-state index contributed by atoms with van der Waals surface area (Å²) in [5.41, 5.74) is 10.8. The molecule has 0 aromatic heterocycles. The van der Waals surface area contributed by atoms with Crippen molar-refractivity contribution < 1.29 is 0 Å². The summed E-state index contributed by atoms with van der Waals surface area (Å²) >= 11 is 0. The van der Waals surface area contributed by atoms with Crippen LogP contribution in [0.1, 0.15) is 32.1 Å². The minimum Gasteiger partial charge on any atom is -0.121 e. The minimum atomic E-state index is -0.998. The van der Waals surface area contributed by atoms with Crippen LogP contribution < -0.4 is 11.0 Å². The van der Waals surface area contributed by atoms with E-state index in [0.717, 1.165) is 0 Å². The molecule has 0 heterocycles. The molecule has 0 atom stereocenters. The van der Waals surface area contributed by atoms with E-state index in [0.29, 0.717) is 6.04 Å². The highest BCUT2D eigenvalue weighted by molar-refractivity contribution is 7.41. The van der Waals surface area contributed by atoms with Gasteiger partial charge in [0.2, 0.25) is 0 Å². The summed E-state index contributed by atoms with van der Waals surface area (Å²) in [6.45, 7) is 0. The fraction of sp³-hybridized carbons (Fsp3) is 1.00. The van der Waals surface area contributed by atoms with Crippen LogP contribution >= 0.6 is 8.01 Å². The molecule has 1 saturated carbocycles. The Balaban J connectivity index is 2.33. The van der Waals surface area contributed by atoms with E-state index in [9.17, 15) is 0 Å². The third kappa shape index (κ3) is 2.74. The van der Waals surface area contributed by atoms with Gasteiger partial charge < -0.3 is 0 Å². The molecule has 0 aromatic carbocycles. The van der Waals surface area contributed by atoms with Crippen molar-refractivity contribution in [2.75, 3.05) is 0 Å². The molecule has 58 valence electrons. The number of hydrogen-bond donors (Lipinski definition) is 2. The van der Waals surface area contributed by atoms with E-state index in [4.69, 9.17) is 11.0 Å². The molecule has 1 aliphatic carbocycles. The lowest BCUT2D eigenvalue weighted by atomic mass is 9.97. The zero-order chi connectivity index (χ0) is 7.40. The summed E-state index contributed by atoms with van der Waals surface area (Å²) in [5.74, 6) is 0. The van der Waals surface area contributed by atoms with E-state index in [1.807, 2.05) is 0 Å². The second-order valence-electron chi connectivity index (χ2n) is 2.79. The minimum absolute atomic E-state index is 0.481. The van der Waals surface area contributed by atoms with Crippen LogP contribution in [0.2, 0.25) is 0 Å². The molecule has 0 radical (unpaired) electrons. The quantitative estimate of drug-likeness (QED) is 0.574. The van der Waals surface area contributed by atoms with Crippen LogP contribution in [0.3, 0.4) is 0 Å². The first-order valence-electron chi connectivity index (χ1n) is 3.79. The molecule has 3 nitrogen and oxygen atoms in total. The maximum atomic E-state index is 5.40. The van der Waals surface area contributed by atoms with Crippen LogP contribution in [-0.2, 0) is 0 Å². The Morgan fingerprint density at radius 2 is 1.70 bits per heavy atom. The first-order chi connectivity index (χ1) is 4.79. The number of nitrogens with two attached hydrogens (primary N) is 2. The lowest BCUT2D eigenvalue weighted by Gasteiger charge is -2.13. The highest BCUT2D eigenvalue weighted by Crippen LogP contribution is 2.23. The van der Waals surface area contributed by atoms with Gasteiger partial charge in [-0.25, -0.2) is 0 Å². The zero-order valence-corrected chi connectivity index (χ0v) is 7.06. The summed E-state index contributed by atoms with van der Waals surface area (Å²) in [6, 6.07) is 0.481. The van der Waals surface area contributed by atoms with E-state index < -0.39 is 8.01 Å². The molecule has 10 heavy (non-hydrogen) atoms. The van der Waals surface area contributed by atoms with Crippen LogP contribution in [0.4, 0.5) is 0 Å². The van der Waals surface area contributed by atoms with E-state index in [1.165, 1.54) is 32.1 Å². The third-order valence-electron chi connectivity index (χ3n) is 1.87. The second kappa shape index (κ2) is 4.02. The average Bonchev–Trinajstić information content (AvgIpc) is 1.88. The maximum absolute atomic E-state index is 5.40. The largest absolute Gasteiger partial charge is 0.387 e. The topological polar surface area (TPSA) is 64.4 Å². The molecule has 0 spiro atoms. The van der Waals surface area contributed by atoms with E-state index in [2.05, 4.69) is 4.74 Å². The Labute approximate surface area is 62.8 Å². The number of nitrogens with zero attached hydrogens (tertiary/aromatic N) is 1. The van der Waals surface area contributed by atoms with E-state index in [1.54, 1.807) is 0 Å². The van der Waals surface area contributed by atoms with Crippen LogP contribution in [0.25, 0.3) is 0 Å². The van der Waals surface area contributed by atoms with Gasteiger partial charge in [0.15, 0.2) is 0 Å². The van der Waals surface area contributed by atoms with Crippen molar-refractivity contribution in [3.8, 4) is 0 Å². The van der Waals surface area contributed by atoms with Gasteiger partial charge in [-0.2, -0.15) is 0 Å². The van der Waals surface area contributed by atoms with Gasteiger partial charge >= 0.3 is 8.01 Å². The maximum Gasteiger partial charge on any atom is 0.387 e. The Kier molecular flexibility index (Phi) is 3.26. The molecule has 4 N–H and O–H groups in total. The van der Waals surface area contributed by atoms with Crippen LogP contribution in [0, 0.1) is 0 Å². The molecule has 0 unspecified atom stereocenters. The standard InChI is InChI=1S/C6H15N3P/c7-10(8)9-6-4-2-1-3-5-6/h6H,1-5H2,(H4,7,8,9)/q+1. The van der Waals surface area contributed by atoms with Crippen molar-refractivity contribution in [1.29, 1.82) is 0 Å². The van der Waals surface area contributed by atoms with Gasteiger partial charge in [-0.05, 0) is 12.8 Å². The third-order valence-corrected chi connectivity index (χ3v) is 2.46. The monoisotopic (exact) mass is 160 g/mol. The van der Waals surface area contributed by atoms with Crippen LogP contribution in [0.5, 0.6) is 0 Å². The predicted octanol–water partition coefficient (Wildman–Crippen LogP) is 1.73. The Bertz CT molecular complexity index is 125. The van der Waals surface area contributed by atoms with Crippen LogP contribution in [0.15, 0.2) is 4.74 Å². The number of hydrogen-bond acceptors (Lipinski definition) is 1. The van der Waals surface area contributed by atoms with Gasteiger partial charge in [-0.3, -0.25) is 0 Å². The molecule has 0 amide bonds. The molecular formula is C6H15N3P+. The average molecular weight is 160 g/mol. The summed E-state index contributed by atoms with van der Waals surface area (Å²) < 4.78 is 4.26. The van der Waals surface area contributed by atoms with Crippen molar-refractivity contribution >= 4 is 8.01 Å². The van der Waals surface area contributed by atoms with Crippen LogP contribution in [-0.4, -0.2) is 6.04 Å². The molecule has 0 aromatic rings. The van der Waals surface area contributed by atoms with Crippen molar-refractivity contribution in [2.45, 2.75) is 38.1 Å². The first-order valence-corrected chi connectivity index (χ1v) is 5.22. The Hall–Kier alpha value is 0.0200. The molecule has 0 saturated heterocycles. The second-order valence-corrected chi connectivity index (χ2v) is 3.78. The van der Waals surface area contributed by atoms with Crippen molar-refractivity contribution in [3.05, 3.63) is 0 Å². The lowest BCUT2D eigenvalue weighted by molar-refractivity contribution is 0.446. The molecule has 4 heteroatoms. The summed E-state index contributed by atoms with van der Waals surface area (Å²) in [5, 5.41) is 0. The fourth-order valence-corrected chi connectivity index (χ4v) is 1.99. The van der Waals surface area contributed by atoms with Gasteiger partial charge in [-0.1, -0.05) is 24.0 Å². The summed E-state index contributed by atoms with van der Waals surface area (Å²) in [6.07, 6.45) is 6.37. The van der Waals surface area contributed by atoms with Gasteiger partial charge in [0, 0.05) is 0 Å². The predicted molar refractivity (Wildman–Crippen MR) is 44.6 cm³/mol. The summed E-state index contributed by atoms with van der Waals surface area (Å²) in [4.78, 5) is 0. The Morgan fingerprint density at radius 1 is 1.10 bits per heavy atom. The van der Waals surface area contributed by atoms with Gasteiger partial charge in [-0.15, -0.1) is 11.0 Å². The SMILES string of the molecule is N[P+](N)=NC1CCCCC1. The van der Waals surface area contributed by atoms with Gasteiger partial charge in [0.05, 0.1) is 6.04 Å². The molecule has 1 aliphatic rings. The Morgan fingerprint density at radius 3 is 2.20 bits per heavy atom. The summed E-state index contributed by atoms with van der Waals surface area (Å²) in [7, 11) is -0.998.